The Bertz CT molecular complexity index is 1240. The first kappa shape index (κ1) is 25.8. The van der Waals surface area contributed by atoms with Crippen molar-refractivity contribution in [1.82, 2.24) is 5.32 Å². The number of carbonyl (C=O) groups excluding carboxylic acids is 2. The Morgan fingerprint density at radius 3 is 1.97 bits per heavy atom. The summed E-state index contributed by atoms with van der Waals surface area (Å²) < 4.78 is 11.0. The highest BCUT2D eigenvalue weighted by atomic mass is 16.6. The Balaban J connectivity index is 1.46. The molecule has 0 saturated carbocycles. The highest BCUT2D eigenvalue weighted by Gasteiger charge is 2.32. The zero-order valence-electron chi connectivity index (χ0n) is 21.0. The van der Waals surface area contributed by atoms with Crippen molar-refractivity contribution in [2.45, 2.75) is 38.3 Å². The molecule has 3 aromatic carbocycles. The first-order chi connectivity index (χ1) is 17.6. The first-order valence-electron chi connectivity index (χ1n) is 12.0. The predicted octanol–water partition coefficient (Wildman–Crippen LogP) is 5.42. The standard InChI is InChI=1S/C29H30N2O6/c1-29(2,3)37-28(35)31(19-11-5-4-6-12-19)17-25(26(32)33)30-27(34)36-18-24-22-15-9-7-13-20(22)21-14-8-10-16-23(21)24/h4-16,24-25H,17-18H2,1-3H3,(H,30,34)(H,32,33)/t25-/m0/s1. The van der Waals surface area contributed by atoms with Crippen molar-refractivity contribution >= 4 is 23.8 Å². The number of ether oxygens (including phenoxy) is 2. The highest BCUT2D eigenvalue weighted by molar-refractivity contribution is 5.90. The molecule has 0 aliphatic heterocycles. The number of aliphatic carboxylic acids is 1. The number of hydrogen-bond acceptors (Lipinski definition) is 5. The van der Waals surface area contributed by atoms with Crippen LogP contribution in [0.4, 0.5) is 15.3 Å². The van der Waals surface area contributed by atoms with Gasteiger partial charge in [0.05, 0.1) is 6.54 Å². The highest BCUT2D eigenvalue weighted by Crippen LogP contribution is 2.44. The SMILES string of the molecule is CC(C)(C)OC(=O)N(C[C@H](NC(=O)OCC1c2ccccc2-c2ccccc21)C(=O)O)c1ccccc1. The van der Waals surface area contributed by atoms with Gasteiger partial charge in [0, 0.05) is 11.6 Å². The molecule has 3 aromatic rings. The zero-order chi connectivity index (χ0) is 26.6. The summed E-state index contributed by atoms with van der Waals surface area (Å²) in [5.41, 5.74) is 3.93. The molecular formula is C29H30N2O6. The summed E-state index contributed by atoms with van der Waals surface area (Å²) in [7, 11) is 0. The summed E-state index contributed by atoms with van der Waals surface area (Å²) in [6.45, 7) is 4.85. The molecule has 0 saturated heterocycles. The van der Waals surface area contributed by atoms with E-state index < -0.39 is 29.8 Å². The molecule has 8 nitrogen and oxygen atoms in total. The second-order valence-electron chi connectivity index (χ2n) is 9.79. The van der Waals surface area contributed by atoms with Crippen LogP contribution in [0.3, 0.4) is 0 Å². The number of carbonyl (C=O) groups is 3. The van der Waals surface area contributed by atoms with E-state index in [4.69, 9.17) is 9.47 Å². The topological polar surface area (TPSA) is 105 Å². The monoisotopic (exact) mass is 502 g/mol. The average Bonchev–Trinajstić information content (AvgIpc) is 3.18. The predicted molar refractivity (Wildman–Crippen MR) is 140 cm³/mol. The lowest BCUT2D eigenvalue weighted by atomic mass is 9.98. The maximum Gasteiger partial charge on any atom is 0.414 e. The summed E-state index contributed by atoms with van der Waals surface area (Å²) in [6.07, 6.45) is -1.61. The Morgan fingerprint density at radius 1 is 0.892 bits per heavy atom. The van der Waals surface area contributed by atoms with Gasteiger partial charge in [-0.05, 0) is 55.2 Å². The van der Waals surface area contributed by atoms with Crippen LogP contribution >= 0.6 is 0 Å². The first-order valence-corrected chi connectivity index (χ1v) is 12.0. The van der Waals surface area contributed by atoms with Gasteiger partial charge in [0.25, 0.3) is 0 Å². The van der Waals surface area contributed by atoms with E-state index in [2.05, 4.69) is 5.32 Å². The number of amides is 2. The van der Waals surface area contributed by atoms with Crippen LogP contribution in [0.25, 0.3) is 11.1 Å². The lowest BCUT2D eigenvalue weighted by Crippen LogP contribution is -2.51. The number of carboxylic acid groups (broad SMARTS) is 1. The van der Waals surface area contributed by atoms with Gasteiger partial charge >= 0.3 is 18.2 Å². The van der Waals surface area contributed by atoms with Crippen LogP contribution in [-0.2, 0) is 14.3 Å². The number of para-hydroxylation sites is 1. The molecule has 1 aliphatic carbocycles. The van der Waals surface area contributed by atoms with Gasteiger partial charge in [0.15, 0.2) is 0 Å². The number of alkyl carbamates (subject to hydrolysis) is 1. The van der Waals surface area contributed by atoms with Gasteiger partial charge in [-0.2, -0.15) is 0 Å². The smallest absolute Gasteiger partial charge is 0.414 e. The van der Waals surface area contributed by atoms with Crippen molar-refractivity contribution in [3.63, 3.8) is 0 Å². The van der Waals surface area contributed by atoms with E-state index >= 15 is 0 Å². The minimum absolute atomic E-state index is 0.0423. The van der Waals surface area contributed by atoms with Gasteiger partial charge in [-0.3, -0.25) is 4.90 Å². The van der Waals surface area contributed by atoms with E-state index in [0.29, 0.717) is 5.69 Å². The molecule has 0 aromatic heterocycles. The van der Waals surface area contributed by atoms with Gasteiger partial charge < -0.3 is 19.9 Å². The molecular weight excluding hydrogens is 472 g/mol. The molecule has 0 unspecified atom stereocenters. The lowest BCUT2D eigenvalue weighted by molar-refractivity contribution is -0.139. The fourth-order valence-corrected chi connectivity index (χ4v) is 4.36. The number of benzene rings is 3. The minimum atomic E-state index is -1.43. The van der Waals surface area contributed by atoms with Crippen LogP contribution in [-0.4, -0.2) is 48.1 Å². The fourth-order valence-electron chi connectivity index (χ4n) is 4.36. The molecule has 1 aliphatic rings. The number of anilines is 1. The minimum Gasteiger partial charge on any atom is -0.480 e. The number of carboxylic acids is 1. The van der Waals surface area contributed by atoms with Gasteiger partial charge in [-0.15, -0.1) is 0 Å². The molecule has 0 spiro atoms. The summed E-state index contributed by atoms with van der Waals surface area (Å²) in [5.74, 6) is -1.47. The van der Waals surface area contributed by atoms with Crippen molar-refractivity contribution in [3.8, 4) is 11.1 Å². The largest absolute Gasteiger partial charge is 0.480 e. The van der Waals surface area contributed by atoms with Crippen molar-refractivity contribution in [1.29, 1.82) is 0 Å². The van der Waals surface area contributed by atoms with E-state index in [1.807, 2.05) is 48.5 Å². The Labute approximate surface area is 215 Å². The van der Waals surface area contributed by atoms with Gasteiger partial charge in [-0.1, -0.05) is 66.7 Å². The summed E-state index contributed by atoms with van der Waals surface area (Å²) in [4.78, 5) is 38.9. The van der Waals surface area contributed by atoms with Crippen LogP contribution < -0.4 is 10.2 Å². The number of nitrogens with zero attached hydrogens (tertiary/aromatic N) is 1. The number of hydrogen-bond donors (Lipinski definition) is 2. The average molecular weight is 503 g/mol. The molecule has 0 fully saturated rings. The Morgan fingerprint density at radius 2 is 1.43 bits per heavy atom. The second kappa shape index (κ2) is 10.7. The van der Waals surface area contributed by atoms with Crippen molar-refractivity contribution in [2.24, 2.45) is 0 Å². The van der Waals surface area contributed by atoms with E-state index in [1.165, 1.54) is 4.90 Å². The molecule has 37 heavy (non-hydrogen) atoms. The maximum atomic E-state index is 12.9. The molecule has 192 valence electrons. The van der Waals surface area contributed by atoms with Gasteiger partial charge in [-0.25, -0.2) is 14.4 Å². The number of nitrogens with one attached hydrogen (secondary N) is 1. The van der Waals surface area contributed by atoms with Crippen LogP contribution in [0, 0.1) is 0 Å². The van der Waals surface area contributed by atoms with E-state index in [9.17, 15) is 19.5 Å². The summed E-state index contributed by atoms with van der Waals surface area (Å²) >= 11 is 0. The third kappa shape index (κ3) is 6.09. The number of rotatable bonds is 7. The van der Waals surface area contributed by atoms with Gasteiger partial charge in [0.1, 0.15) is 18.2 Å². The zero-order valence-corrected chi connectivity index (χ0v) is 21.0. The van der Waals surface area contributed by atoms with Crippen LogP contribution in [0.5, 0.6) is 0 Å². The number of fused-ring (bicyclic) bond motifs is 3. The van der Waals surface area contributed by atoms with Crippen molar-refractivity contribution < 1.29 is 29.0 Å². The van der Waals surface area contributed by atoms with Crippen LogP contribution in [0.1, 0.15) is 37.8 Å². The molecule has 2 N–H and O–H groups in total. The normalized spacial score (nSPS) is 13.2. The van der Waals surface area contributed by atoms with Gasteiger partial charge in [0.2, 0.25) is 0 Å². The van der Waals surface area contributed by atoms with E-state index in [1.54, 1.807) is 51.1 Å². The Kier molecular flexibility index (Phi) is 7.47. The lowest BCUT2D eigenvalue weighted by Gasteiger charge is -2.29. The van der Waals surface area contributed by atoms with E-state index in [0.717, 1.165) is 22.3 Å². The molecule has 8 heteroatoms. The third-order valence-electron chi connectivity index (χ3n) is 5.98. The van der Waals surface area contributed by atoms with Crippen LogP contribution in [0.2, 0.25) is 0 Å². The quantitative estimate of drug-likeness (QED) is 0.447. The molecule has 1 atom stereocenters. The maximum absolute atomic E-state index is 12.9. The molecule has 4 rings (SSSR count). The van der Waals surface area contributed by atoms with Crippen LogP contribution in [0.15, 0.2) is 78.9 Å². The summed E-state index contributed by atoms with van der Waals surface area (Å²) in [5, 5.41) is 12.2. The third-order valence-corrected chi connectivity index (χ3v) is 5.98. The Hall–Kier alpha value is -4.33. The van der Waals surface area contributed by atoms with E-state index in [-0.39, 0.29) is 19.1 Å². The van der Waals surface area contributed by atoms with Crippen molar-refractivity contribution in [2.75, 3.05) is 18.1 Å². The molecule has 0 radical (unpaired) electrons. The summed E-state index contributed by atoms with van der Waals surface area (Å²) in [6, 6.07) is 23.0. The molecule has 2 amide bonds. The van der Waals surface area contributed by atoms with Crippen molar-refractivity contribution in [3.05, 3.63) is 90.0 Å². The fraction of sp³-hybridized carbons (Fsp3) is 0.276. The molecule has 0 heterocycles. The second-order valence-corrected chi connectivity index (χ2v) is 9.79. The molecule has 0 bridgehead atoms.